The Kier molecular flexibility index (Phi) is 8.04. The lowest BCUT2D eigenvalue weighted by Crippen LogP contribution is -2.41. The number of hydrogen-bond acceptors (Lipinski definition) is 4. The summed E-state index contributed by atoms with van der Waals surface area (Å²) in [6.45, 7) is 2.64. The molecule has 0 radical (unpaired) electrons. The highest BCUT2D eigenvalue weighted by atomic mass is 16.5. The first-order chi connectivity index (χ1) is 15.1. The molecule has 2 aromatic carbocycles. The smallest absolute Gasteiger partial charge is 0.269 e. The highest BCUT2D eigenvalue weighted by Gasteiger charge is 2.21. The first kappa shape index (κ1) is 22.3. The van der Waals surface area contributed by atoms with Gasteiger partial charge in [0.2, 0.25) is 5.91 Å². The van der Waals surface area contributed by atoms with Crippen LogP contribution < -0.4 is 20.9 Å². The summed E-state index contributed by atoms with van der Waals surface area (Å²) in [4.78, 5) is 36.8. The Labute approximate surface area is 182 Å². The Morgan fingerprint density at radius 3 is 1.94 bits per heavy atom. The van der Waals surface area contributed by atoms with Gasteiger partial charge in [-0.05, 0) is 67.8 Å². The molecule has 1 saturated carbocycles. The van der Waals surface area contributed by atoms with E-state index in [1.165, 1.54) is 6.42 Å². The van der Waals surface area contributed by atoms with Crippen molar-refractivity contribution in [2.45, 2.75) is 45.4 Å². The van der Waals surface area contributed by atoms with Crippen LogP contribution in [0.2, 0.25) is 0 Å². The van der Waals surface area contributed by atoms with E-state index in [1.807, 2.05) is 6.92 Å². The summed E-state index contributed by atoms with van der Waals surface area (Å²) >= 11 is 0. The van der Waals surface area contributed by atoms with Gasteiger partial charge < -0.3 is 10.1 Å². The molecule has 3 N–H and O–H groups in total. The van der Waals surface area contributed by atoms with Crippen LogP contribution in [0.4, 0.5) is 5.69 Å². The number of amides is 3. The molecule has 0 unspecified atom stereocenters. The van der Waals surface area contributed by atoms with Gasteiger partial charge in [-0.15, -0.1) is 0 Å². The van der Waals surface area contributed by atoms with Gasteiger partial charge in [-0.2, -0.15) is 0 Å². The zero-order chi connectivity index (χ0) is 22.1. The topological polar surface area (TPSA) is 96.5 Å². The van der Waals surface area contributed by atoms with Gasteiger partial charge in [0.15, 0.2) is 0 Å². The Morgan fingerprint density at radius 2 is 1.39 bits per heavy atom. The average molecular weight is 424 g/mol. The van der Waals surface area contributed by atoms with Gasteiger partial charge in [0.05, 0.1) is 6.61 Å². The maximum Gasteiger partial charge on any atom is 0.269 e. The van der Waals surface area contributed by atoms with E-state index < -0.39 is 11.8 Å². The van der Waals surface area contributed by atoms with E-state index in [4.69, 9.17) is 4.74 Å². The van der Waals surface area contributed by atoms with Crippen molar-refractivity contribution in [3.05, 3.63) is 59.7 Å². The molecule has 7 nitrogen and oxygen atoms in total. The van der Waals surface area contributed by atoms with E-state index in [0.29, 0.717) is 29.2 Å². The molecule has 31 heavy (non-hydrogen) atoms. The van der Waals surface area contributed by atoms with Crippen LogP contribution in [0.5, 0.6) is 5.75 Å². The monoisotopic (exact) mass is 423 g/mol. The fraction of sp³-hybridized carbons (Fsp3) is 0.375. The molecular formula is C24H29N3O4. The van der Waals surface area contributed by atoms with Crippen molar-refractivity contribution < 1.29 is 19.1 Å². The van der Waals surface area contributed by atoms with Gasteiger partial charge in [-0.1, -0.05) is 26.2 Å². The molecule has 0 aromatic heterocycles. The third-order valence-corrected chi connectivity index (χ3v) is 5.27. The molecular weight excluding hydrogens is 394 g/mol. The fourth-order valence-electron chi connectivity index (χ4n) is 3.49. The van der Waals surface area contributed by atoms with E-state index in [2.05, 4.69) is 16.2 Å². The maximum absolute atomic E-state index is 12.3. The number of hydrazine groups is 1. The molecule has 3 amide bonds. The first-order valence-corrected chi connectivity index (χ1v) is 10.8. The summed E-state index contributed by atoms with van der Waals surface area (Å²) in [5.41, 5.74) is 6.24. The predicted molar refractivity (Wildman–Crippen MR) is 119 cm³/mol. The second kappa shape index (κ2) is 11.2. The summed E-state index contributed by atoms with van der Waals surface area (Å²) in [7, 11) is 0. The quantitative estimate of drug-likeness (QED) is 0.585. The summed E-state index contributed by atoms with van der Waals surface area (Å²) < 4.78 is 5.49. The fourth-order valence-corrected chi connectivity index (χ4v) is 3.49. The molecule has 0 aliphatic heterocycles. The zero-order valence-electron chi connectivity index (χ0n) is 17.8. The minimum absolute atomic E-state index is 0.0373. The van der Waals surface area contributed by atoms with Crippen LogP contribution >= 0.6 is 0 Å². The molecule has 3 rings (SSSR count). The van der Waals surface area contributed by atoms with Crippen LogP contribution in [-0.4, -0.2) is 24.3 Å². The number of carbonyl (C=O) groups is 3. The van der Waals surface area contributed by atoms with Crippen molar-refractivity contribution in [3.8, 4) is 5.75 Å². The van der Waals surface area contributed by atoms with Crippen molar-refractivity contribution in [3.63, 3.8) is 0 Å². The van der Waals surface area contributed by atoms with Crippen molar-refractivity contribution in [2.24, 2.45) is 5.92 Å². The maximum atomic E-state index is 12.3. The van der Waals surface area contributed by atoms with E-state index in [9.17, 15) is 14.4 Å². The second-order valence-corrected chi connectivity index (χ2v) is 7.68. The average Bonchev–Trinajstić information content (AvgIpc) is 2.82. The standard InChI is InChI=1S/C24H29N3O4/c1-2-16-31-21-14-10-19(11-15-21)24(30)27-26-23(29)18-8-12-20(13-9-18)25-22(28)17-6-4-3-5-7-17/h8-15,17H,2-7,16H2,1H3,(H,25,28)(H,26,29)(H,27,30). The minimum Gasteiger partial charge on any atom is -0.494 e. The normalized spacial score (nSPS) is 13.8. The molecule has 1 fully saturated rings. The third-order valence-electron chi connectivity index (χ3n) is 5.27. The van der Waals surface area contributed by atoms with Crippen molar-refractivity contribution in [1.82, 2.24) is 10.9 Å². The van der Waals surface area contributed by atoms with Gasteiger partial charge in [-0.3, -0.25) is 25.2 Å². The van der Waals surface area contributed by atoms with Crippen LogP contribution in [0.3, 0.4) is 0 Å². The van der Waals surface area contributed by atoms with Gasteiger partial charge in [-0.25, -0.2) is 0 Å². The molecule has 7 heteroatoms. The SMILES string of the molecule is CCCOc1ccc(C(=O)NNC(=O)c2ccc(NC(=O)C3CCCCC3)cc2)cc1. The van der Waals surface area contributed by atoms with Crippen LogP contribution in [0.25, 0.3) is 0 Å². The Hall–Kier alpha value is -3.35. The van der Waals surface area contributed by atoms with Crippen LogP contribution in [0, 0.1) is 5.92 Å². The minimum atomic E-state index is -0.443. The highest BCUT2D eigenvalue weighted by Crippen LogP contribution is 2.25. The van der Waals surface area contributed by atoms with Crippen molar-refractivity contribution in [1.29, 1.82) is 0 Å². The predicted octanol–water partition coefficient (Wildman–Crippen LogP) is 4.07. The number of anilines is 1. The van der Waals surface area contributed by atoms with Crippen LogP contribution in [-0.2, 0) is 4.79 Å². The van der Waals surface area contributed by atoms with Crippen molar-refractivity contribution in [2.75, 3.05) is 11.9 Å². The second-order valence-electron chi connectivity index (χ2n) is 7.68. The van der Waals surface area contributed by atoms with Gasteiger partial charge in [0, 0.05) is 22.7 Å². The van der Waals surface area contributed by atoms with Crippen LogP contribution in [0.15, 0.2) is 48.5 Å². The zero-order valence-corrected chi connectivity index (χ0v) is 17.8. The molecule has 2 aromatic rings. The lowest BCUT2D eigenvalue weighted by molar-refractivity contribution is -0.120. The lowest BCUT2D eigenvalue weighted by atomic mass is 9.88. The Balaban J connectivity index is 1.47. The molecule has 0 spiro atoms. The Bertz CT molecular complexity index is 888. The molecule has 1 aliphatic carbocycles. The van der Waals surface area contributed by atoms with Crippen LogP contribution in [0.1, 0.15) is 66.2 Å². The molecule has 0 saturated heterocycles. The highest BCUT2D eigenvalue weighted by molar-refractivity contribution is 5.99. The molecule has 164 valence electrons. The number of rotatable bonds is 7. The van der Waals surface area contributed by atoms with Crippen molar-refractivity contribution >= 4 is 23.4 Å². The molecule has 0 atom stereocenters. The van der Waals surface area contributed by atoms with E-state index in [1.54, 1.807) is 48.5 Å². The molecule has 1 aliphatic rings. The number of ether oxygens (including phenoxy) is 1. The summed E-state index contributed by atoms with van der Waals surface area (Å²) in [6.07, 6.45) is 6.16. The number of benzene rings is 2. The number of nitrogens with one attached hydrogen (secondary N) is 3. The van der Waals surface area contributed by atoms with E-state index in [0.717, 1.165) is 32.1 Å². The van der Waals surface area contributed by atoms with Gasteiger partial charge in [0.1, 0.15) is 5.75 Å². The van der Waals surface area contributed by atoms with Gasteiger partial charge >= 0.3 is 0 Å². The number of carbonyl (C=O) groups excluding carboxylic acids is 3. The van der Waals surface area contributed by atoms with E-state index >= 15 is 0 Å². The summed E-state index contributed by atoms with van der Waals surface area (Å²) in [6, 6.07) is 13.3. The third kappa shape index (κ3) is 6.57. The summed E-state index contributed by atoms with van der Waals surface area (Å²) in [5, 5.41) is 2.92. The van der Waals surface area contributed by atoms with Gasteiger partial charge in [0.25, 0.3) is 11.8 Å². The largest absolute Gasteiger partial charge is 0.494 e. The first-order valence-electron chi connectivity index (χ1n) is 10.8. The Morgan fingerprint density at radius 1 is 0.839 bits per heavy atom. The molecule has 0 heterocycles. The van der Waals surface area contributed by atoms with E-state index in [-0.39, 0.29) is 11.8 Å². The lowest BCUT2D eigenvalue weighted by Gasteiger charge is -2.20. The summed E-state index contributed by atoms with van der Waals surface area (Å²) in [5.74, 6) is -0.0687. The number of hydrogen-bond donors (Lipinski definition) is 3. The molecule has 0 bridgehead atoms.